The van der Waals surface area contributed by atoms with Gasteiger partial charge in [0.2, 0.25) is 15.9 Å². The molecule has 1 aliphatic rings. The maximum atomic E-state index is 12.8. The average Bonchev–Trinajstić information content (AvgIpc) is 2.92. The zero-order chi connectivity index (χ0) is 20.4. The van der Waals surface area contributed by atoms with Gasteiger partial charge in [0.05, 0.1) is 22.9 Å². The third kappa shape index (κ3) is 5.52. The zero-order valence-electron chi connectivity index (χ0n) is 16.3. The van der Waals surface area contributed by atoms with Crippen molar-refractivity contribution < 1.29 is 21.6 Å². The Morgan fingerprint density at radius 1 is 1.22 bits per heavy atom. The first-order valence-corrected chi connectivity index (χ1v) is 12.2. The molecule has 0 aromatic heterocycles. The van der Waals surface area contributed by atoms with E-state index in [-0.39, 0.29) is 40.8 Å². The van der Waals surface area contributed by atoms with Crippen molar-refractivity contribution in [1.29, 1.82) is 0 Å². The molecule has 1 aliphatic heterocycles. The molecule has 1 fully saturated rings. The molecule has 2 rings (SSSR count). The molecule has 0 aliphatic carbocycles. The van der Waals surface area contributed by atoms with Crippen LogP contribution < -0.4 is 0 Å². The number of aryl methyl sites for hydroxylation is 1. The predicted octanol–water partition coefficient (Wildman–Crippen LogP) is 1.29. The van der Waals surface area contributed by atoms with E-state index in [0.29, 0.717) is 13.0 Å². The number of benzene rings is 1. The Morgan fingerprint density at radius 2 is 1.81 bits per heavy atom. The van der Waals surface area contributed by atoms with Crippen LogP contribution in [-0.4, -0.2) is 69.6 Å². The molecular formula is C18H28N2O5S2. The smallest absolute Gasteiger partial charge is 0.243 e. The van der Waals surface area contributed by atoms with Gasteiger partial charge in [-0.1, -0.05) is 31.5 Å². The van der Waals surface area contributed by atoms with Gasteiger partial charge in [0.25, 0.3) is 0 Å². The first kappa shape index (κ1) is 21.8. The summed E-state index contributed by atoms with van der Waals surface area (Å²) in [5.74, 6) is -0.211. The summed E-state index contributed by atoms with van der Waals surface area (Å²) in [5, 5.41) is 0. The number of likely N-dealkylation sites (N-methyl/N-ethyl adjacent to an activating group) is 1. The molecule has 1 aromatic rings. The first-order chi connectivity index (χ1) is 12.4. The molecule has 1 atom stereocenters. The third-order valence-corrected chi connectivity index (χ3v) is 8.19. The predicted molar refractivity (Wildman–Crippen MR) is 105 cm³/mol. The summed E-state index contributed by atoms with van der Waals surface area (Å²) >= 11 is 0. The minimum atomic E-state index is -3.79. The quantitative estimate of drug-likeness (QED) is 0.668. The van der Waals surface area contributed by atoms with E-state index in [4.69, 9.17) is 0 Å². The molecule has 0 saturated carbocycles. The maximum absolute atomic E-state index is 12.8. The van der Waals surface area contributed by atoms with Gasteiger partial charge in [-0.3, -0.25) is 4.79 Å². The van der Waals surface area contributed by atoms with Gasteiger partial charge >= 0.3 is 0 Å². The van der Waals surface area contributed by atoms with E-state index in [1.54, 1.807) is 12.1 Å². The van der Waals surface area contributed by atoms with E-state index < -0.39 is 19.9 Å². The fourth-order valence-electron chi connectivity index (χ4n) is 3.13. The van der Waals surface area contributed by atoms with Crippen molar-refractivity contribution in [2.24, 2.45) is 5.92 Å². The second-order valence-electron chi connectivity index (χ2n) is 7.57. The summed E-state index contributed by atoms with van der Waals surface area (Å²) in [6.45, 7) is 5.83. The van der Waals surface area contributed by atoms with Gasteiger partial charge in [-0.15, -0.1) is 0 Å². The van der Waals surface area contributed by atoms with E-state index in [1.165, 1.54) is 24.1 Å². The van der Waals surface area contributed by atoms with Crippen molar-refractivity contribution in [3.8, 4) is 0 Å². The average molecular weight is 417 g/mol. The maximum Gasteiger partial charge on any atom is 0.243 e. The molecule has 152 valence electrons. The number of hydrogen-bond donors (Lipinski definition) is 0. The Morgan fingerprint density at radius 3 is 2.30 bits per heavy atom. The molecule has 9 heteroatoms. The molecule has 0 bridgehead atoms. The van der Waals surface area contributed by atoms with Crippen LogP contribution in [-0.2, 0) is 24.7 Å². The lowest BCUT2D eigenvalue weighted by atomic mass is 10.1. The fourth-order valence-corrected chi connectivity index (χ4v) is 5.98. The number of hydrogen-bond acceptors (Lipinski definition) is 5. The van der Waals surface area contributed by atoms with Crippen LogP contribution in [0.25, 0.3) is 0 Å². The molecule has 7 nitrogen and oxygen atoms in total. The minimum Gasteiger partial charge on any atom is -0.337 e. The van der Waals surface area contributed by atoms with Gasteiger partial charge in [0.1, 0.15) is 0 Å². The third-order valence-electron chi connectivity index (χ3n) is 4.62. The van der Waals surface area contributed by atoms with Crippen molar-refractivity contribution in [2.45, 2.75) is 38.1 Å². The van der Waals surface area contributed by atoms with Gasteiger partial charge in [-0.05, 0) is 31.4 Å². The number of carbonyl (C=O) groups excluding carboxylic acids is 1. The topological polar surface area (TPSA) is 91.8 Å². The van der Waals surface area contributed by atoms with Crippen molar-refractivity contribution in [3.63, 3.8) is 0 Å². The van der Waals surface area contributed by atoms with Crippen LogP contribution in [0.1, 0.15) is 25.8 Å². The van der Waals surface area contributed by atoms with Crippen LogP contribution in [0.2, 0.25) is 0 Å². The number of sulfonamides is 1. The van der Waals surface area contributed by atoms with E-state index >= 15 is 0 Å². The van der Waals surface area contributed by atoms with Gasteiger partial charge < -0.3 is 4.90 Å². The minimum absolute atomic E-state index is 0.0557. The van der Waals surface area contributed by atoms with Crippen LogP contribution in [0, 0.1) is 12.8 Å². The molecule has 0 spiro atoms. The van der Waals surface area contributed by atoms with Crippen molar-refractivity contribution in [3.05, 3.63) is 29.8 Å². The highest BCUT2D eigenvalue weighted by Gasteiger charge is 2.36. The number of rotatable bonds is 7. The summed E-state index contributed by atoms with van der Waals surface area (Å²) in [4.78, 5) is 14.5. The van der Waals surface area contributed by atoms with Crippen LogP contribution in [0.15, 0.2) is 29.2 Å². The monoisotopic (exact) mass is 416 g/mol. The lowest BCUT2D eigenvalue weighted by Gasteiger charge is -2.31. The van der Waals surface area contributed by atoms with Crippen LogP contribution >= 0.6 is 0 Å². The largest absolute Gasteiger partial charge is 0.337 e. The van der Waals surface area contributed by atoms with E-state index in [9.17, 15) is 21.6 Å². The number of carbonyl (C=O) groups is 1. The Labute approximate surface area is 162 Å². The van der Waals surface area contributed by atoms with Crippen molar-refractivity contribution >= 4 is 25.8 Å². The number of nitrogens with zero attached hydrogens (tertiary/aromatic N) is 2. The summed E-state index contributed by atoms with van der Waals surface area (Å²) in [6, 6.07) is 6.05. The fraction of sp³-hybridized carbons (Fsp3) is 0.611. The van der Waals surface area contributed by atoms with Crippen LogP contribution in [0.5, 0.6) is 0 Å². The van der Waals surface area contributed by atoms with E-state index in [2.05, 4.69) is 0 Å². The molecule has 27 heavy (non-hydrogen) atoms. The number of sulfone groups is 1. The molecule has 1 amide bonds. The molecule has 1 heterocycles. The summed E-state index contributed by atoms with van der Waals surface area (Å²) in [5.41, 5.74) is 0.943. The van der Waals surface area contributed by atoms with Gasteiger partial charge in [-0.2, -0.15) is 4.31 Å². The summed E-state index contributed by atoms with van der Waals surface area (Å²) in [7, 11) is -5.56. The normalized spacial score (nSPS) is 19.6. The Balaban J connectivity index is 2.17. The van der Waals surface area contributed by atoms with E-state index in [0.717, 1.165) is 9.87 Å². The first-order valence-electron chi connectivity index (χ1n) is 8.95. The summed E-state index contributed by atoms with van der Waals surface area (Å²) in [6.07, 6.45) is 0.398. The van der Waals surface area contributed by atoms with Gasteiger partial charge in [0, 0.05) is 19.6 Å². The Bertz CT molecular complexity index is 877. The van der Waals surface area contributed by atoms with Gasteiger partial charge in [-0.25, -0.2) is 16.8 Å². The number of amides is 1. The van der Waals surface area contributed by atoms with Crippen LogP contribution in [0.4, 0.5) is 0 Å². The molecule has 0 radical (unpaired) electrons. The lowest BCUT2D eigenvalue weighted by Crippen LogP contribution is -2.48. The standard InChI is InChI=1S/C18H28N2O5S2/c1-14(2)11-20(16-9-10-26(22,23)13-16)18(21)12-19(4)27(24,25)17-7-5-15(3)6-8-17/h5-8,14,16H,9-13H2,1-4H3/t16-/m1/s1. The molecule has 0 N–H and O–H groups in total. The Kier molecular flexibility index (Phi) is 6.70. The van der Waals surface area contributed by atoms with Crippen molar-refractivity contribution in [1.82, 2.24) is 9.21 Å². The SMILES string of the molecule is Cc1ccc(S(=O)(=O)N(C)CC(=O)N(CC(C)C)[C@@H]2CCS(=O)(=O)C2)cc1. The highest BCUT2D eigenvalue weighted by Crippen LogP contribution is 2.21. The Hall–Kier alpha value is -1.45. The summed E-state index contributed by atoms with van der Waals surface area (Å²) < 4.78 is 50.0. The highest BCUT2D eigenvalue weighted by molar-refractivity contribution is 7.91. The second-order valence-corrected chi connectivity index (χ2v) is 11.8. The van der Waals surface area contributed by atoms with E-state index in [1.807, 2.05) is 20.8 Å². The lowest BCUT2D eigenvalue weighted by molar-refractivity contribution is -0.133. The van der Waals surface area contributed by atoms with Gasteiger partial charge in [0.15, 0.2) is 9.84 Å². The highest BCUT2D eigenvalue weighted by atomic mass is 32.2. The molecule has 0 unspecified atom stereocenters. The molecule has 1 saturated heterocycles. The second kappa shape index (κ2) is 8.28. The van der Waals surface area contributed by atoms with Crippen LogP contribution in [0.3, 0.4) is 0 Å². The molecular weight excluding hydrogens is 388 g/mol. The zero-order valence-corrected chi connectivity index (χ0v) is 17.9. The van der Waals surface area contributed by atoms with Crippen molar-refractivity contribution in [2.75, 3.05) is 31.6 Å². The molecule has 1 aromatic carbocycles.